The van der Waals surface area contributed by atoms with E-state index in [2.05, 4.69) is 15.9 Å². The first-order valence-electron chi connectivity index (χ1n) is 9.85. The summed E-state index contributed by atoms with van der Waals surface area (Å²) in [6.45, 7) is 10.0. The first-order chi connectivity index (χ1) is 14.0. The van der Waals surface area contributed by atoms with Crippen LogP contribution in [0.3, 0.4) is 0 Å². The molecule has 0 heterocycles. The van der Waals surface area contributed by atoms with Crippen LogP contribution in [0, 0.1) is 10.8 Å². The largest absolute Gasteiger partial charge is 0.462 e. The van der Waals surface area contributed by atoms with E-state index in [1.165, 1.54) is 20.8 Å². The summed E-state index contributed by atoms with van der Waals surface area (Å²) in [5.41, 5.74) is -2.09. The number of carbonyl (C=O) groups excluding carboxylic acids is 5. The van der Waals surface area contributed by atoms with Gasteiger partial charge in [-0.3, -0.25) is 24.0 Å². The van der Waals surface area contributed by atoms with Gasteiger partial charge in [-0.25, -0.2) is 0 Å². The molecule has 0 saturated carbocycles. The van der Waals surface area contributed by atoms with Crippen LogP contribution in [0.5, 0.6) is 0 Å². The quantitative estimate of drug-likeness (QED) is 0.160. The molecule has 0 aromatic heterocycles. The Balaban J connectivity index is 5.40. The Morgan fingerprint density at radius 1 is 0.645 bits per heavy atom. The topological polar surface area (TPSA) is 122 Å². The highest BCUT2D eigenvalue weighted by molar-refractivity contribution is 9.10. The predicted molar refractivity (Wildman–Crippen MR) is 114 cm³/mol. The number of hydrogen-bond donors (Lipinski definition) is 0. The van der Waals surface area contributed by atoms with Crippen LogP contribution in [-0.2, 0) is 42.9 Å². The van der Waals surface area contributed by atoms with Gasteiger partial charge in [0.2, 0.25) is 0 Å². The van der Waals surface area contributed by atoms with E-state index >= 15 is 0 Å². The number of halogens is 1. The van der Waals surface area contributed by atoms with Gasteiger partial charge >= 0.3 is 23.9 Å². The minimum Gasteiger partial charge on any atom is -0.462 e. The summed E-state index contributed by atoms with van der Waals surface area (Å²) in [5, 5.41) is 0. The summed E-state index contributed by atoms with van der Waals surface area (Å²) in [4.78, 5) is 59.2. The molecule has 0 fully saturated rings. The fourth-order valence-corrected chi connectivity index (χ4v) is 3.81. The number of Topliss-reactive ketones (excluding diaryl/α,β-unsaturated/α-hetero) is 1. The maximum absolute atomic E-state index is 12.9. The molecule has 2 unspecified atom stereocenters. The van der Waals surface area contributed by atoms with Crippen molar-refractivity contribution >= 4 is 45.6 Å². The normalized spacial score (nSPS) is 15.1. The van der Waals surface area contributed by atoms with Gasteiger partial charge in [-0.05, 0) is 33.6 Å². The lowest BCUT2D eigenvalue weighted by molar-refractivity contribution is -0.164. The van der Waals surface area contributed by atoms with E-state index in [-0.39, 0.29) is 45.1 Å². The number of alkyl halides is 1. The van der Waals surface area contributed by atoms with Gasteiger partial charge in [-0.15, -0.1) is 0 Å². The zero-order valence-electron chi connectivity index (χ0n) is 19.3. The summed E-state index contributed by atoms with van der Waals surface area (Å²) in [6, 6.07) is 0. The van der Waals surface area contributed by atoms with E-state index in [9.17, 15) is 24.0 Å². The molecule has 9 nitrogen and oxygen atoms in total. The number of rotatable bonds is 13. The van der Waals surface area contributed by atoms with E-state index in [1.807, 2.05) is 0 Å². The maximum Gasteiger partial charge on any atom is 0.322 e. The van der Waals surface area contributed by atoms with E-state index < -0.39 is 39.0 Å². The molecule has 0 spiro atoms. The molecule has 0 aliphatic rings. The van der Waals surface area contributed by atoms with Crippen LogP contribution in [-0.4, -0.2) is 60.4 Å². The minimum atomic E-state index is -1.28. The van der Waals surface area contributed by atoms with Crippen molar-refractivity contribution in [3.8, 4) is 0 Å². The molecule has 0 rings (SSSR count). The lowest BCUT2D eigenvalue weighted by Gasteiger charge is -2.38. The number of ether oxygens (including phenoxy) is 4. The molecule has 178 valence electrons. The molecule has 0 aromatic rings. The molecule has 0 amide bonds. The van der Waals surface area contributed by atoms with E-state index in [4.69, 9.17) is 18.9 Å². The van der Waals surface area contributed by atoms with Crippen molar-refractivity contribution in [3.63, 3.8) is 0 Å². The van der Waals surface area contributed by atoms with Gasteiger partial charge in [0.15, 0.2) is 0 Å². The van der Waals surface area contributed by atoms with Crippen molar-refractivity contribution in [1.82, 2.24) is 0 Å². The van der Waals surface area contributed by atoms with Crippen LogP contribution in [0.2, 0.25) is 0 Å². The van der Waals surface area contributed by atoms with Crippen LogP contribution in [0.15, 0.2) is 0 Å². The lowest BCUT2D eigenvalue weighted by Crippen LogP contribution is -2.44. The highest BCUT2D eigenvalue weighted by Crippen LogP contribution is 2.44. The van der Waals surface area contributed by atoms with Gasteiger partial charge in [-0.1, -0.05) is 29.8 Å². The highest BCUT2D eigenvalue weighted by atomic mass is 79.9. The maximum atomic E-state index is 12.9. The second kappa shape index (κ2) is 12.2. The Labute approximate surface area is 191 Å². The summed E-state index contributed by atoms with van der Waals surface area (Å²) in [6.07, 6.45) is 0.0825. The molecule has 0 radical (unpaired) electrons. The summed E-state index contributed by atoms with van der Waals surface area (Å²) < 4.78 is 18.6. The third-order valence-corrected chi connectivity index (χ3v) is 5.27. The zero-order chi connectivity index (χ0) is 24.5. The van der Waals surface area contributed by atoms with Crippen LogP contribution in [0.4, 0.5) is 0 Å². The molecule has 0 aliphatic carbocycles. The molecule has 0 aromatic carbocycles. The van der Waals surface area contributed by atoms with Gasteiger partial charge in [0.25, 0.3) is 0 Å². The number of esters is 4. The van der Waals surface area contributed by atoms with Gasteiger partial charge in [0.1, 0.15) is 36.5 Å². The first kappa shape index (κ1) is 29.0. The Bertz CT molecular complexity index is 684. The number of ketones is 1. The van der Waals surface area contributed by atoms with Crippen molar-refractivity contribution in [2.24, 2.45) is 10.8 Å². The highest BCUT2D eigenvalue weighted by Gasteiger charge is 2.48. The number of hydrogen-bond acceptors (Lipinski definition) is 9. The smallest absolute Gasteiger partial charge is 0.322 e. The molecule has 31 heavy (non-hydrogen) atoms. The molecular formula is C21H33BrO9. The van der Waals surface area contributed by atoms with Crippen molar-refractivity contribution in [1.29, 1.82) is 0 Å². The monoisotopic (exact) mass is 508 g/mol. The van der Waals surface area contributed by atoms with Crippen molar-refractivity contribution in [2.75, 3.05) is 26.4 Å². The second-order valence-corrected chi connectivity index (χ2v) is 10.3. The van der Waals surface area contributed by atoms with Crippen LogP contribution in [0.25, 0.3) is 0 Å². The Kier molecular flexibility index (Phi) is 11.4. The van der Waals surface area contributed by atoms with Crippen molar-refractivity contribution in [2.45, 2.75) is 65.6 Å². The van der Waals surface area contributed by atoms with Crippen LogP contribution < -0.4 is 0 Å². The van der Waals surface area contributed by atoms with Crippen molar-refractivity contribution in [3.05, 3.63) is 0 Å². The zero-order valence-corrected chi connectivity index (χ0v) is 20.9. The van der Waals surface area contributed by atoms with Crippen LogP contribution >= 0.6 is 15.9 Å². The van der Waals surface area contributed by atoms with Gasteiger partial charge in [0, 0.05) is 19.3 Å². The average molecular weight is 509 g/mol. The minimum absolute atomic E-state index is 0.0322. The van der Waals surface area contributed by atoms with Gasteiger partial charge < -0.3 is 18.9 Å². The summed E-state index contributed by atoms with van der Waals surface area (Å²) in [5.74, 6) is -2.40. The van der Waals surface area contributed by atoms with Crippen LogP contribution in [0.1, 0.15) is 61.3 Å². The Hall–Kier alpha value is -1.97. The Morgan fingerprint density at radius 2 is 1.03 bits per heavy atom. The molecule has 0 bridgehead atoms. The average Bonchev–Trinajstić information content (AvgIpc) is 2.60. The fourth-order valence-electron chi connectivity index (χ4n) is 3.08. The SMILES string of the molecule is CC(=O)OCCOC(=O)C(C)(Br)CC(C)(CC(C)(C)C(C)=O)C(=O)OCCOC(C)=O. The third kappa shape index (κ3) is 10.8. The predicted octanol–water partition coefficient (Wildman–Crippen LogP) is 2.75. The summed E-state index contributed by atoms with van der Waals surface area (Å²) >= 11 is 3.33. The number of carbonyl (C=O) groups is 5. The molecule has 2 atom stereocenters. The molecule has 10 heteroatoms. The lowest BCUT2D eigenvalue weighted by atomic mass is 9.68. The molecule has 0 saturated heterocycles. The molecule has 0 aliphatic heterocycles. The van der Waals surface area contributed by atoms with Gasteiger partial charge in [-0.2, -0.15) is 0 Å². The summed E-state index contributed by atoms with van der Waals surface area (Å²) in [7, 11) is 0. The Morgan fingerprint density at radius 3 is 1.42 bits per heavy atom. The first-order valence-corrected chi connectivity index (χ1v) is 10.6. The van der Waals surface area contributed by atoms with E-state index in [0.717, 1.165) is 0 Å². The second-order valence-electron chi connectivity index (χ2n) is 8.50. The van der Waals surface area contributed by atoms with Crippen molar-refractivity contribution < 1.29 is 42.9 Å². The molecule has 0 N–H and O–H groups in total. The van der Waals surface area contributed by atoms with Gasteiger partial charge in [0.05, 0.1) is 5.41 Å². The van der Waals surface area contributed by atoms with E-state index in [0.29, 0.717) is 0 Å². The standard InChI is InChI=1S/C21H33BrO9/c1-14(23)19(4,5)12-20(6,17(26)30-10-8-28-15(2)24)13-21(7,22)18(27)31-11-9-29-16(3)25/h8-13H2,1-7H3. The molecular weight excluding hydrogens is 476 g/mol. The fraction of sp³-hybridized carbons (Fsp3) is 0.762. The van der Waals surface area contributed by atoms with E-state index in [1.54, 1.807) is 27.7 Å². The third-order valence-electron chi connectivity index (χ3n) is 4.67.